The minimum atomic E-state index is -0.907. The maximum Gasteiger partial charge on any atom is 0.326 e. The number of thiol groups is 1. The molecule has 0 aliphatic rings. The number of carbonyl (C=O) groups excluding carboxylic acids is 2. The Morgan fingerprint density at radius 2 is 1.93 bits per heavy atom. The van der Waals surface area contributed by atoms with Crippen LogP contribution in [0.25, 0.3) is 0 Å². The van der Waals surface area contributed by atoms with Crippen molar-refractivity contribution in [3.05, 3.63) is 0 Å². The van der Waals surface area contributed by atoms with Crippen molar-refractivity contribution in [1.82, 2.24) is 0 Å². The number of rotatable bonds is 7. The predicted molar refractivity (Wildman–Crippen MR) is 63.1 cm³/mol. The van der Waals surface area contributed by atoms with E-state index in [1.54, 1.807) is 0 Å². The highest BCUT2D eigenvalue weighted by molar-refractivity contribution is 7.82. The molecular weight excluding hydrogens is 212 g/mol. The van der Waals surface area contributed by atoms with Crippen LogP contribution < -0.4 is 0 Å². The molecule has 0 aromatic carbocycles. The van der Waals surface area contributed by atoms with E-state index < -0.39 is 11.2 Å². The Morgan fingerprint density at radius 1 is 1.33 bits per heavy atom. The van der Waals surface area contributed by atoms with Crippen LogP contribution in [0.2, 0.25) is 0 Å². The molecule has 0 N–H and O–H groups in total. The molecule has 0 saturated heterocycles. The minimum Gasteiger partial charge on any atom is -0.465 e. The topological polar surface area (TPSA) is 43.4 Å². The molecule has 0 bridgehead atoms. The second-order valence-electron chi connectivity index (χ2n) is 3.97. The highest BCUT2D eigenvalue weighted by Gasteiger charge is 2.23. The monoisotopic (exact) mass is 232 g/mol. The summed E-state index contributed by atoms with van der Waals surface area (Å²) in [5, 5.41) is -0.907. The molecule has 3 nitrogen and oxygen atoms in total. The van der Waals surface area contributed by atoms with E-state index in [0.29, 0.717) is 18.9 Å². The molecule has 0 rings (SSSR count). The Labute approximate surface area is 97.0 Å². The van der Waals surface area contributed by atoms with Crippen LogP contribution in [0.1, 0.15) is 40.0 Å². The molecule has 1 unspecified atom stereocenters. The quantitative estimate of drug-likeness (QED) is 0.416. The molecule has 0 aliphatic carbocycles. The lowest BCUT2D eigenvalue weighted by Crippen LogP contribution is -2.27. The van der Waals surface area contributed by atoms with E-state index in [1.807, 2.05) is 20.8 Å². The molecular formula is C11H20O3S. The molecule has 15 heavy (non-hydrogen) atoms. The molecule has 0 aromatic heterocycles. The van der Waals surface area contributed by atoms with Gasteiger partial charge in [-0.25, -0.2) is 0 Å². The maximum atomic E-state index is 11.5. The maximum absolute atomic E-state index is 11.5. The third-order valence-corrected chi connectivity index (χ3v) is 2.44. The van der Waals surface area contributed by atoms with Crippen LogP contribution in [-0.4, -0.2) is 23.6 Å². The summed E-state index contributed by atoms with van der Waals surface area (Å²) < 4.78 is 4.84. The number of esters is 1. The normalized spacial score (nSPS) is 12.6. The van der Waals surface area contributed by atoms with Crippen LogP contribution in [0.5, 0.6) is 0 Å². The van der Waals surface area contributed by atoms with Gasteiger partial charge in [-0.3, -0.25) is 9.59 Å². The summed E-state index contributed by atoms with van der Waals surface area (Å²) in [4.78, 5) is 22.7. The molecule has 0 spiro atoms. The largest absolute Gasteiger partial charge is 0.465 e. The predicted octanol–water partition coefficient (Wildman–Crippen LogP) is 2.24. The molecule has 1 atom stereocenters. The zero-order valence-corrected chi connectivity index (χ0v) is 10.5. The van der Waals surface area contributed by atoms with Crippen molar-refractivity contribution < 1.29 is 14.3 Å². The molecule has 0 aliphatic heterocycles. The average Bonchev–Trinajstić information content (AvgIpc) is 2.21. The van der Waals surface area contributed by atoms with Gasteiger partial charge < -0.3 is 4.74 Å². The summed E-state index contributed by atoms with van der Waals surface area (Å²) in [7, 11) is 0. The summed E-state index contributed by atoms with van der Waals surface area (Å²) in [6.45, 7) is 6.33. The molecule has 0 radical (unpaired) electrons. The van der Waals surface area contributed by atoms with E-state index in [2.05, 4.69) is 12.6 Å². The number of Topliss-reactive ketones (excluding diaryl/α,β-unsaturated/α-hetero) is 1. The lowest BCUT2D eigenvalue weighted by atomic mass is 10.0. The molecule has 88 valence electrons. The fraction of sp³-hybridized carbons (Fsp3) is 0.818. The van der Waals surface area contributed by atoms with Crippen molar-refractivity contribution in [2.75, 3.05) is 6.61 Å². The summed E-state index contributed by atoms with van der Waals surface area (Å²) in [6, 6.07) is 0. The lowest BCUT2D eigenvalue weighted by molar-refractivity contribution is -0.145. The Morgan fingerprint density at radius 3 is 2.40 bits per heavy atom. The third kappa shape index (κ3) is 6.55. The Balaban J connectivity index is 3.91. The average molecular weight is 232 g/mol. The van der Waals surface area contributed by atoms with E-state index in [4.69, 9.17) is 4.74 Å². The molecule has 0 saturated carbocycles. The Bertz CT molecular complexity index is 214. The van der Waals surface area contributed by atoms with Gasteiger partial charge >= 0.3 is 5.97 Å². The van der Waals surface area contributed by atoms with E-state index in [9.17, 15) is 9.59 Å². The number of hydrogen-bond acceptors (Lipinski definition) is 4. The molecule has 4 heteroatoms. The van der Waals surface area contributed by atoms with Gasteiger partial charge in [-0.1, -0.05) is 20.8 Å². The van der Waals surface area contributed by atoms with Crippen LogP contribution in [0.4, 0.5) is 0 Å². The molecule has 0 heterocycles. The number of hydrogen-bond donors (Lipinski definition) is 1. The fourth-order valence-electron chi connectivity index (χ4n) is 0.981. The van der Waals surface area contributed by atoms with E-state index >= 15 is 0 Å². The third-order valence-electron chi connectivity index (χ3n) is 1.94. The van der Waals surface area contributed by atoms with E-state index in [-0.39, 0.29) is 5.78 Å². The number of ether oxygens (including phenoxy) is 1. The van der Waals surface area contributed by atoms with Crippen LogP contribution in [0.3, 0.4) is 0 Å². The first-order valence-corrected chi connectivity index (χ1v) is 5.88. The second-order valence-corrected chi connectivity index (χ2v) is 4.49. The Kier molecular flexibility index (Phi) is 7.48. The first-order chi connectivity index (χ1) is 6.99. The fourth-order valence-corrected chi connectivity index (χ4v) is 1.18. The van der Waals surface area contributed by atoms with E-state index in [1.165, 1.54) is 0 Å². The highest BCUT2D eigenvalue weighted by Crippen LogP contribution is 2.10. The lowest BCUT2D eigenvalue weighted by Gasteiger charge is -2.10. The van der Waals surface area contributed by atoms with Gasteiger partial charge in [-0.05, 0) is 18.8 Å². The van der Waals surface area contributed by atoms with Gasteiger partial charge in [0.2, 0.25) is 0 Å². The van der Waals surface area contributed by atoms with Gasteiger partial charge in [-0.2, -0.15) is 12.6 Å². The first-order valence-electron chi connectivity index (χ1n) is 5.36. The summed E-state index contributed by atoms with van der Waals surface area (Å²) >= 11 is 3.97. The van der Waals surface area contributed by atoms with Gasteiger partial charge in [0, 0.05) is 6.42 Å². The van der Waals surface area contributed by atoms with Crippen molar-refractivity contribution >= 4 is 24.4 Å². The molecule has 0 fully saturated rings. The van der Waals surface area contributed by atoms with Crippen molar-refractivity contribution in [2.45, 2.75) is 45.3 Å². The van der Waals surface area contributed by atoms with Crippen LogP contribution in [0.15, 0.2) is 0 Å². The minimum absolute atomic E-state index is 0.145. The van der Waals surface area contributed by atoms with Gasteiger partial charge in [-0.15, -0.1) is 0 Å². The number of ketones is 1. The van der Waals surface area contributed by atoms with Crippen molar-refractivity contribution in [3.63, 3.8) is 0 Å². The van der Waals surface area contributed by atoms with Gasteiger partial charge in [0.1, 0.15) is 0 Å². The van der Waals surface area contributed by atoms with Crippen molar-refractivity contribution in [2.24, 2.45) is 5.92 Å². The Hall–Kier alpha value is -0.510. The van der Waals surface area contributed by atoms with Crippen molar-refractivity contribution in [1.29, 1.82) is 0 Å². The first kappa shape index (κ1) is 14.5. The van der Waals surface area contributed by atoms with Crippen LogP contribution >= 0.6 is 12.6 Å². The second kappa shape index (κ2) is 7.74. The zero-order valence-electron chi connectivity index (χ0n) is 9.66. The van der Waals surface area contributed by atoms with E-state index in [0.717, 1.165) is 12.8 Å². The zero-order chi connectivity index (χ0) is 11.8. The summed E-state index contributed by atoms with van der Waals surface area (Å²) in [6.07, 6.45) is 1.94. The van der Waals surface area contributed by atoms with Crippen LogP contribution in [-0.2, 0) is 14.3 Å². The molecule has 0 amide bonds. The summed E-state index contributed by atoms with van der Waals surface area (Å²) in [5.41, 5.74) is 0. The highest BCUT2D eigenvalue weighted by atomic mass is 32.1. The standard InChI is InChI=1S/C11H20O3S/c1-4-7-14-11(13)10(15)9(12)6-5-8(2)3/h8,10,15H,4-7H2,1-3H3. The van der Waals surface area contributed by atoms with Crippen LogP contribution in [0, 0.1) is 5.92 Å². The summed E-state index contributed by atoms with van der Waals surface area (Å²) in [5.74, 6) is -0.205. The van der Waals surface area contributed by atoms with Gasteiger partial charge in [0.25, 0.3) is 0 Å². The number of carbonyl (C=O) groups is 2. The molecule has 0 aromatic rings. The van der Waals surface area contributed by atoms with Gasteiger partial charge in [0.05, 0.1) is 6.61 Å². The van der Waals surface area contributed by atoms with Gasteiger partial charge in [0.15, 0.2) is 11.0 Å². The smallest absolute Gasteiger partial charge is 0.326 e. The SMILES string of the molecule is CCCOC(=O)C(S)C(=O)CCC(C)C. The van der Waals surface area contributed by atoms with Crippen molar-refractivity contribution in [3.8, 4) is 0 Å².